The van der Waals surface area contributed by atoms with Crippen LogP contribution in [0.15, 0.2) is 28.8 Å². The topological polar surface area (TPSA) is 60.2 Å². The number of ether oxygens (including phenoxy) is 1. The van der Waals surface area contributed by atoms with Gasteiger partial charge in [0.15, 0.2) is 5.82 Å². The minimum absolute atomic E-state index is 0.224. The van der Waals surface area contributed by atoms with E-state index in [0.29, 0.717) is 6.04 Å². The molecule has 0 amide bonds. The normalized spacial score (nSPS) is 18.7. The number of likely N-dealkylation sites (N-methyl/N-ethyl adjacent to an activating group) is 1. The van der Waals surface area contributed by atoms with Crippen molar-refractivity contribution in [1.82, 2.24) is 15.5 Å². The highest BCUT2D eigenvalue weighted by Gasteiger charge is 2.42. The fraction of sp³-hybridized carbons (Fsp3) is 0.556. The highest BCUT2D eigenvalue weighted by atomic mass is 16.5. The first-order valence-electron chi connectivity index (χ1n) is 8.30. The zero-order chi connectivity index (χ0) is 16.3. The van der Waals surface area contributed by atoms with Crippen molar-refractivity contribution in [1.29, 1.82) is 0 Å². The van der Waals surface area contributed by atoms with E-state index in [-0.39, 0.29) is 5.41 Å². The largest absolute Gasteiger partial charge is 0.381 e. The van der Waals surface area contributed by atoms with Gasteiger partial charge in [0.25, 0.3) is 0 Å². The average molecular weight is 315 g/mol. The molecule has 1 aromatic carbocycles. The molecule has 1 aromatic heterocycles. The van der Waals surface area contributed by atoms with Crippen molar-refractivity contribution in [3.8, 4) is 0 Å². The van der Waals surface area contributed by atoms with Crippen molar-refractivity contribution in [3.05, 3.63) is 47.1 Å². The fourth-order valence-corrected chi connectivity index (χ4v) is 3.34. The summed E-state index contributed by atoms with van der Waals surface area (Å²) in [6.45, 7) is 5.70. The van der Waals surface area contributed by atoms with Gasteiger partial charge in [-0.15, -0.1) is 0 Å². The molecule has 124 valence electrons. The lowest BCUT2D eigenvalue weighted by atomic mass is 9.72. The van der Waals surface area contributed by atoms with Crippen LogP contribution in [0.3, 0.4) is 0 Å². The van der Waals surface area contributed by atoms with Gasteiger partial charge in [-0.05, 0) is 44.9 Å². The molecule has 1 N–H and O–H groups in total. The van der Waals surface area contributed by atoms with Gasteiger partial charge >= 0.3 is 0 Å². The molecule has 1 aliphatic heterocycles. The molecule has 1 saturated heterocycles. The summed E-state index contributed by atoms with van der Waals surface area (Å²) in [6.07, 6.45) is 2.52. The van der Waals surface area contributed by atoms with E-state index in [1.165, 1.54) is 11.1 Å². The Bertz CT molecular complexity index is 647. The second-order valence-corrected chi connectivity index (χ2v) is 6.42. The first-order chi connectivity index (χ1) is 11.2. The Hall–Kier alpha value is -1.72. The maximum absolute atomic E-state index is 5.72. The zero-order valence-corrected chi connectivity index (χ0v) is 14.1. The van der Waals surface area contributed by atoms with Crippen molar-refractivity contribution in [3.63, 3.8) is 0 Å². The van der Waals surface area contributed by atoms with Crippen LogP contribution in [0.25, 0.3) is 0 Å². The molecule has 0 saturated carbocycles. The maximum Gasteiger partial charge on any atom is 0.237 e. The highest BCUT2D eigenvalue weighted by Crippen LogP contribution is 2.41. The van der Waals surface area contributed by atoms with Gasteiger partial charge < -0.3 is 14.6 Å². The first-order valence-corrected chi connectivity index (χ1v) is 8.30. The maximum atomic E-state index is 5.72. The molecule has 23 heavy (non-hydrogen) atoms. The van der Waals surface area contributed by atoms with Gasteiger partial charge in [0, 0.05) is 25.7 Å². The van der Waals surface area contributed by atoms with Crippen LogP contribution in [-0.2, 0) is 16.6 Å². The lowest BCUT2D eigenvalue weighted by Gasteiger charge is -2.35. The van der Waals surface area contributed by atoms with Gasteiger partial charge in [0.2, 0.25) is 5.89 Å². The number of hydrogen-bond acceptors (Lipinski definition) is 5. The smallest absolute Gasteiger partial charge is 0.237 e. The van der Waals surface area contributed by atoms with Crippen LogP contribution in [0.2, 0.25) is 0 Å². The van der Waals surface area contributed by atoms with Crippen LogP contribution in [0.4, 0.5) is 0 Å². The van der Waals surface area contributed by atoms with E-state index in [4.69, 9.17) is 14.2 Å². The van der Waals surface area contributed by atoms with Crippen LogP contribution < -0.4 is 5.32 Å². The van der Waals surface area contributed by atoms with Crippen LogP contribution >= 0.6 is 0 Å². The van der Waals surface area contributed by atoms with E-state index in [1.807, 2.05) is 7.05 Å². The number of aryl methyl sites for hydroxylation is 1. The molecular weight excluding hydrogens is 290 g/mol. The van der Waals surface area contributed by atoms with Crippen molar-refractivity contribution in [2.75, 3.05) is 20.3 Å². The molecule has 5 nitrogen and oxygen atoms in total. The summed E-state index contributed by atoms with van der Waals surface area (Å²) in [5.41, 5.74) is 2.32. The molecule has 0 aliphatic carbocycles. The molecule has 2 heterocycles. The zero-order valence-electron chi connectivity index (χ0n) is 14.1. The van der Waals surface area contributed by atoms with Crippen LogP contribution in [0.5, 0.6) is 0 Å². The van der Waals surface area contributed by atoms with Crippen LogP contribution in [0.1, 0.15) is 42.6 Å². The Morgan fingerprint density at radius 2 is 2.00 bits per heavy atom. The van der Waals surface area contributed by atoms with Crippen LogP contribution in [0, 0.1) is 6.92 Å². The van der Waals surface area contributed by atoms with E-state index in [9.17, 15) is 0 Å². The average Bonchev–Trinajstić information content (AvgIpc) is 3.05. The Morgan fingerprint density at radius 1 is 1.26 bits per heavy atom. The minimum Gasteiger partial charge on any atom is -0.381 e. The van der Waals surface area contributed by atoms with E-state index in [1.54, 1.807) is 0 Å². The molecule has 0 bridgehead atoms. The van der Waals surface area contributed by atoms with Crippen molar-refractivity contribution in [2.45, 2.75) is 44.6 Å². The Labute approximate surface area is 137 Å². The molecule has 0 radical (unpaired) electrons. The quantitative estimate of drug-likeness (QED) is 0.919. The van der Waals surface area contributed by atoms with Gasteiger partial charge in [-0.3, -0.25) is 0 Å². The summed E-state index contributed by atoms with van der Waals surface area (Å²) >= 11 is 0. The molecule has 1 unspecified atom stereocenters. The summed E-state index contributed by atoms with van der Waals surface area (Å²) in [5.74, 6) is 1.50. The van der Waals surface area contributed by atoms with Gasteiger partial charge in [0.1, 0.15) is 0 Å². The minimum atomic E-state index is -0.224. The summed E-state index contributed by atoms with van der Waals surface area (Å²) in [6, 6.07) is 8.80. The lowest BCUT2D eigenvalue weighted by molar-refractivity contribution is 0.0521. The highest BCUT2D eigenvalue weighted by molar-refractivity contribution is 5.38. The SMILES string of the molecule is CNC(C)Cc1noc(C2(c3ccccc3C)CCOCC2)n1. The number of benzene rings is 1. The number of aromatic nitrogens is 2. The van der Waals surface area contributed by atoms with E-state index < -0.39 is 0 Å². The van der Waals surface area contributed by atoms with Gasteiger partial charge in [0.05, 0.1) is 5.41 Å². The van der Waals surface area contributed by atoms with Gasteiger partial charge in [-0.1, -0.05) is 29.4 Å². The number of hydrogen-bond donors (Lipinski definition) is 1. The molecule has 1 aliphatic rings. The second kappa shape index (κ2) is 6.81. The first kappa shape index (κ1) is 16.1. The molecule has 5 heteroatoms. The molecule has 0 spiro atoms. The Balaban J connectivity index is 1.98. The van der Waals surface area contributed by atoms with E-state index in [2.05, 4.69) is 48.6 Å². The number of rotatable bonds is 5. The molecule has 1 atom stereocenters. The van der Waals surface area contributed by atoms with Gasteiger partial charge in [-0.2, -0.15) is 4.98 Å². The molecular formula is C18H25N3O2. The second-order valence-electron chi connectivity index (χ2n) is 6.42. The summed E-state index contributed by atoms with van der Waals surface area (Å²) < 4.78 is 11.3. The molecule has 2 aromatic rings. The standard InChI is InChI=1S/C18H25N3O2/c1-13-6-4-5-7-15(13)18(8-10-22-11-9-18)17-20-16(21-23-17)12-14(2)19-3/h4-7,14,19H,8-12H2,1-3H3. The van der Waals surface area contributed by atoms with Crippen molar-refractivity contribution in [2.24, 2.45) is 0 Å². The Morgan fingerprint density at radius 3 is 2.70 bits per heavy atom. The predicted octanol–water partition coefficient (Wildman–Crippen LogP) is 2.62. The molecule has 3 rings (SSSR count). The number of nitrogens with zero attached hydrogens (tertiary/aromatic N) is 2. The Kier molecular flexibility index (Phi) is 4.78. The van der Waals surface area contributed by atoms with Crippen molar-refractivity contribution < 1.29 is 9.26 Å². The van der Waals surface area contributed by atoms with Crippen LogP contribution in [-0.4, -0.2) is 36.4 Å². The third kappa shape index (κ3) is 3.16. The van der Waals surface area contributed by atoms with E-state index in [0.717, 1.165) is 44.2 Å². The lowest BCUT2D eigenvalue weighted by Crippen LogP contribution is -2.36. The fourth-order valence-electron chi connectivity index (χ4n) is 3.34. The third-order valence-corrected chi connectivity index (χ3v) is 4.87. The third-order valence-electron chi connectivity index (χ3n) is 4.87. The molecule has 1 fully saturated rings. The van der Waals surface area contributed by atoms with Gasteiger partial charge in [-0.25, -0.2) is 0 Å². The van der Waals surface area contributed by atoms with E-state index >= 15 is 0 Å². The summed E-state index contributed by atoms with van der Waals surface area (Å²) in [5, 5.41) is 7.42. The monoisotopic (exact) mass is 315 g/mol. The summed E-state index contributed by atoms with van der Waals surface area (Å²) in [4.78, 5) is 4.74. The van der Waals surface area contributed by atoms with Crippen molar-refractivity contribution >= 4 is 0 Å². The predicted molar refractivity (Wildman–Crippen MR) is 88.5 cm³/mol. The number of nitrogens with one attached hydrogen (secondary N) is 1. The summed E-state index contributed by atoms with van der Waals surface area (Å²) in [7, 11) is 1.94.